The first-order chi connectivity index (χ1) is 4.33. The van der Waals surface area contributed by atoms with E-state index in [0.717, 1.165) is 0 Å². The molecule has 0 N–H and O–H groups in total. The molecule has 0 aliphatic heterocycles. The van der Waals surface area contributed by atoms with Gasteiger partial charge in [0.2, 0.25) is 0 Å². The predicted octanol–water partition coefficient (Wildman–Crippen LogP) is 2.73. The van der Waals surface area contributed by atoms with Crippen LogP contribution in [0.5, 0.6) is 0 Å². The summed E-state index contributed by atoms with van der Waals surface area (Å²) in [4.78, 5) is 9.36. The van der Waals surface area contributed by atoms with Crippen molar-refractivity contribution in [3.05, 3.63) is 19.1 Å². The summed E-state index contributed by atoms with van der Waals surface area (Å²) in [6, 6.07) is 0. The maximum atomic E-state index is 9.36. The van der Waals surface area contributed by atoms with E-state index in [9.17, 15) is 4.79 Å². The molecule has 0 aliphatic rings. The first-order valence-electron chi connectivity index (χ1n) is 2.95. The quantitative estimate of drug-likeness (QED) is 0.513. The van der Waals surface area contributed by atoms with Crippen molar-refractivity contribution in [2.24, 2.45) is 0 Å². The van der Waals surface area contributed by atoms with Gasteiger partial charge < -0.3 is 17.8 Å². The van der Waals surface area contributed by atoms with Crippen molar-refractivity contribution in [3.63, 3.8) is 0 Å². The summed E-state index contributed by atoms with van der Waals surface area (Å²) in [5, 5.41) is 0. The Hall–Kier alpha value is 1.20. The van der Waals surface area contributed by atoms with Crippen LogP contribution in [0.3, 0.4) is 0 Å². The first kappa shape index (κ1) is 29.2. The average Bonchev–Trinajstić information content (AvgIpc) is 1.86. The van der Waals surface area contributed by atoms with E-state index in [1.807, 2.05) is 20.3 Å². The van der Waals surface area contributed by atoms with Crippen LogP contribution in [0.2, 0.25) is 0 Å². The number of carbonyl (C=O) groups excluding carboxylic acids is 1. The van der Waals surface area contributed by atoms with Gasteiger partial charge in [0.15, 0.2) is 0 Å². The zero-order valence-electron chi connectivity index (χ0n) is 7.04. The van der Waals surface area contributed by atoms with Crippen LogP contribution in [-0.4, -0.2) is 6.29 Å². The Balaban J connectivity index is -0.0000000246. The summed E-state index contributed by atoms with van der Waals surface area (Å²) >= 11 is 0. The van der Waals surface area contributed by atoms with E-state index in [1.165, 1.54) is 6.08 Å². The molecule has 0 spiro atoms. The van der Waals surface area contributed by atoms with Gasteiger partial charge in [-0.3, -0.25) is 12.4 Å². The Kier molecular flexibility index (Phi) is 96.9. The fourth-order valence-electron chi connectivity index (χ4n) is 0.142. The summed E-state index contributed by atoms with van der Waals surface area (Å²) in [7, 11) is 0. The van der Waals surface area contributed by atoms with Crippen LogP contribution in [0.4, 0.5) is 0 Å². The van der Waals surface area contributed by atoms with Gasteiger partial charge in [0.25, 0.3) is 0 Å². The molecule has 3 heteroatoms. The van der Waals surface area contributed by atoms with Crippen molar-refractivity contribution in [3.8, 4) is 0 Å². The van der Waals surface area contributed by atoms with E-state index >= 15 is 0 Å². The van der Waals surface area contributed by atoms with Gasteiger partial charge in [-0.05, 0) is 0 Å². The van der Waals surface area contributed by atoms with Crippen molar-refractivity contribution in [2.75, 3.05) is 0 Å². The van der Waals surface area contributed by atoms with Gasteiger partial charge in [-0.25, -0.2) is 0 Å². The van der Waals surface area contributed by atoms with Gasteiger partial charge in [-0.2, -0.15) is 20.3 Å². The second-order valence-corrected chi connectivity index (χ2v) is 1.50. The molecule has 0 amide bonds. The second-order valence-electron chi connectivity index (χ2n) is 1.50. The molecule has 0 saturated carbocycles. The molecule has 0 atom stereocenters. The van der Waals surface area contributed by atoms with E-state index in [0.29, 0.717) is 12.8 Å². The predicted molar refractivity (Wildman–Crippen MR) is 46.2 cm³/mol. The van der Waals surface area contributed by atoms with Gasteiger partial charge in [0.05, 0.1) is 0 Å². The van der Waals surface area contributed by atoms with Crippen molar-refractivity contribution in [2.45, 2.75) is 34.1 Å². The summed E-state index contributed by atoms with van der Waals surface area (Å²) in [6.07, 6.45) is 6.23. The molecule has 0 rings (SSSR count). The van der Waals surface area contributed by atoms with Crippen LogP contribution in [0.25, 0.3) is 0 Å². The summed E-state index contributed by atoms with van der Waals surface area (Å²) < 4.78 is 0. The van der Waals surface area contributed by atoms with Gasteiger partial charge >= 0.3 is 0 Å². The first-order valence-corrected chi connectivity index (χ1v) is 2.95. The molecule has 0 saturated heterocycles. The molecular formula is C9H17OWY-3. The van der Waals surface area contributed by atoms with Crippen molar-refractivity contribution >= 4 is 6.29 Å². The SMILES string of the molecule is C.C[CH-]C.[CH-]=CCC[C-]=O.[W].[Y]. The largest absolute Gasteiger partial charge is 0.542 e. The van der Waals surface area contributed by atoms with Crippen LogP contribution in [0.15, 0.2) is 6.08 Å². The van der Waals surface area contributed by atoms with E-state index < -0.39 is 0 Å². The van der Waals surface area contributed by atoms with Crippen LogP contribution in [-0.2, 0) is 58.6 Å². The second kappa shape index (κ2) is 39.8. The smallest absolute Gasteiger partial charge is 0 e. The van der Waals surface area contributed by atoms with Gasteiger partial charge in [-0.15, -0.1) is 0 Å². The Labute approximate surface area is 117 Å². The normalized spacial score (nSPS) is 5.17. The fraction of sp³-hybridized carbons (Fsp3) is 0.556. The number of unbranched alkanes of at least 4 members (excludes halogenated alkanes) is 1. The molecular weight excluding hydrogens is 397 g/mol. The molecule has 12 heavy (non-hydrogen) atoms. The van der Waals surface area contributed by atoms with E-state index in [4.69, 9.17) is 6.58 Å². The van der Waals surface area contributed by atoms with Crippen molar-refractivity contribution in [1.29, 1.82) is 0 Å². The van der Waals surface area contributed by atoms with Crippen LogP contribution in [0, 0.1) is 13.0 Å². The topological polar surface area (TPSA) is 17.1 Å². The molecule has 0 fully saturated rings. The number of hydrogen-bond acceptors (Lipinski definition) is 1. The van der Waals surface area contributed by atoms with Gasteiger partial charge in [0, 0.05) is 53.8 Å². The maximum Gasteiger partial charge on any atom is 0 e. The van der Waals surface area contributed by atoms with Gasteiger partial charge in [0.1, 0.15) is 0 Å². The molecule has 0 aromatic rings. The molecule has 1 radical (unpaired) electrons. The Morgan fingerprint density at radius 1 is 1.50 bits per heavy atom. The average molecular weight is 414 g/mol. The minimum absolute atomic E-state index is 0. The third-order valence-electron chi connectivity index (χ3n) is 0.413. The van der Waals surface area contributed by atoms with Crippen LogP contribution >= 0.6 is 0 Å². The van der Waals surface area contributed by atoms with Crippen molar-refractivity contribution < 1.29 is 58.6 Å². The summed E-state index contributed by atoms with van der Waals surface area (Å²) in [5.41, 5.74) is 0. The number of allylic oxidation sites excluding steroid dienone is 1. The molecule has 0 bridgehead atoms. The Morgan fingerprint density at radius 2 is 1.83 bits per heavy atom. The fourth-order valence-corrected chi connectivity index (χ4v) is 0.142. The van der Waals surface area contributed by atoms with E-state index in [-0.39, 0.29) is 61.2 Å². The molecule has 0 heterocycles. The minimum Gasteiger partial charge on any atom is -0.542 e. The number of rotatable bonds is 3. The molecule has 0 unspecified atom stereocenters. The van der Waals surface area contributed by atoms with Crippen molar-refractivity contribution in [1.82, 2.24) is 0 Å². The van der Waals surface area contributed by atoms with E-state index in [1.54, 1.807) is 6.29 Å². The number of hydrogen-bond donors (Lipinski definition) is 0. The summed E-state index contributed by atoms with van der Waals surface area (Å²) in [5.74, 6) is 0. The Bertz CT molecular complexity index is 59.5. The molecule has 71 valence electrons. The third kappa shape index (κ3) is 66.0. The molecule has 0 aromatic carbocycles. The monoisotopic (exact) mass is 414 g/mol. The van der Waals surface area contributed by atoms with Crippen LogP contribution in [0.1, 0.15) is 34.1 Å². The Morgan fingerprint density at radius 3 is 1.92 bits per heavy atom. The third-order valence-corrected chi connectivity index (χ3v) is 0.413. The molecule has 0 aliphatic carbocycles. The molecule has 1 nitrogen and oxygen atoms in total. The standard InChI is InChI=1S/C5H6O.C3H7.CH4.W.Y/c1-2-3-4-5-6;1-3-2;;;/h1-2H,3-4H2;3H,1-2H3;1H4;;/q-2;-1;;;. The summed E-state index contributed by atoms with van der Waals surface area (Å²) in [6.45, 7) is 8.91. The molecule has 0 aromatic heterocycles. The van der Waals surface area contributed by atoms with E-state index in [2.05, 4.69) is 0 Å². The minimum atomic E-state index is 0. The maximum absolute atomic E-state index is 9.36. The van der Waals surface area contributed by atoms with Gasteiger partial charge in [-0.1, -0.05) is 13.8 Å². The zero-order chi connectivity index (χ0) is 7.54. The van der Waals surface area contributed by atoms with Crippen LogP contribution < -0.4 is 0 Å². The zero-order valence-corrected chi connectivity index (χ0v) is 12.8.